The summed E-state index contributed by atoms with van der Waals surface area (Å²) < 4.78 is 25.2. The van der Waals surface area contributed by atoms with Gasteiger partial charge in [-0.2, -0.15) is 0 Å². The SMILES string of the molecule is CCOc1ccc(C=Cc2ccc(OCc3ccccc3)c(F)c2)cc1. The third-order valence-corrected chi connectivity index (χ3v) is 3.85. The van der Waals surface area contributed by atoms with Crippen molar-refractivity contribution in [1.82, 2.24) is 0 Å². The molecule has 0 saturated carbocycles. The van der Waals surface area contributed by atoms with Crippen LogP contribution in [0.1, 0.15) is 23.6 Å². The lowest BCUT2D eigenvalue weighted by molar-refractivity contribution is 0.290. The van der Waals surface area contributed by atoms with Crippen molar-refractivity contribution >= 4 is 12.2 Å². The zero-order valence-corrected chi connectivity index (χ0v) is 14.7. The first-order valence-corrected chi connectivity index (χ1v) is 8.62. The lowest BCUT2D eigenvalue weighted by atomic mass is 10.1. The highest BCUT2D eigenvalue weighted by molar-refractivity contribution is 5.70. The van der Waals surface area contributed by atoms with Crippen LogP contribution in [0, 0.1) is 5.82 Å². The molecule has 0 aliphatic rings. The van der Waals surface area contributed by atoms with Crippen molar-refractivity contribution in [3.63, 3.8) is 0 Å². The van der Waals surface area contributed by atoms with Gasteiger partial charge in [-0.05, 0) is 47.9 Å². The molecule has 132 valence electrons. The minimum atomic E-state index is -0.366. The van der Waals surface area contributed by atoms with E-state index >= 15 is 0 Å². The molecule has 0 aliphatic heterocycles. The van der Waals surface area contributed by atoms with Gasteiger partial charge in [0.1, 0.15) is 12.4 Å². The van der Waals surface area contributed by atoms with Crippen molar-refractivity contribution in [3.05, 3.63) is 95.3 Å². The average molecular weight is 348 g/mol. The Morgan fingerprint density at radius 2 is 1.50 bits per heavy atom. The summed E-state index contributed by atoms with van der Waals surface area (Å²) in [6, 6.07) is 22.5. The summed E-state index contributed by atoms with van der Waals surface area (Å²) in [7, 11) is 0. The second-order valence-electron chi connectivity index (χ2n) is 5.80. The number of rotatable bonds is 7. The summed E-state index contributed by atoms with van der Waals surface area (Å²) in [5.74, 6) is 0.734. The Balaban J connectivity index is 1.63. The van der Waals surface area contributed by atoms with Crippen LogP contribution in [0.2, 0.25) is 0 Å². The molecule has 0 spiro atoms. The van der Waals surface area contributed by atoms with E-state index in [2.05, 4.69) is 0 Å². The quantitative estimate of drug-likeness (QED) is 0.489. The summed E-state index contributed by atoms with van der Waals surface area (Å²) in [5.41, 5.74) is 2.81. The van der Waals surface area contributed by atoms with Gasteiger partial charge in [0.2, 0.25) is 0 Å². The maximum absolute atomic E-state index is 14.2. The molecule has 0 heterocycles. The Hall–Kier alpha value is -3.07. The summed E-state index contributed by atoms with van der Waals surface area (Å²) in [6.45, 7) is 2.95. The molecule has 3 rings (SSSR count). The molecule has 3 heteroatoms. The van der Waals surface area contributed by atoms with Crippen LogP contribution in [-0.4, -0.2) is 6.61 Å². The molecular formula is C23H21FO2. The number of halogens is 1. The minimum Gasteiger partial charge on any atom is -0.494 e. The summed E-state index contributed by atoms with van der Waals surface area (Å²) in [5, 5.41) is 0. The lowest BCUT2D eigenvalue weighted by Gasteiger charge is -2.08. The topological polar surface area (TPSA) is 18.5 Å². The molecule has 0 aromatic heterocycles. The molecule has 3 aromatic carbocycles. The third-order valence-electron chi connectivity index (χ3n) is 3.85. The largest absolute Gasteiger partial charge is 0.494 e. The van der Waals surface area contributed by atoms with Gasteiger partial charge in [0.05, 0.1) is 6.61 Å². The average Bonchev–Trinajstić information content (AvgIpc) is 2.68. The fraction of sp³-hybridized carbons (Fsp3) is 0.130. The predicted octanol–water partition coefficient (Wildman–Crippen LogP) is 5.97. The van der Waals surface area contributed by atoms with Crippen LogP contribution in [0.4, 0.5) is 4.39 Å². The van der Waals surface area contributed by atoms with E-state index < -0.39 is 0 Å². The number of hydrogen-bond donors (Lipinski definition) is 0. The van der Waals surface area contributed by atoms with Gasteiger partial charge in [-0.1, -0.05) is 60.7 Å². The van der Waals surface area contributed by atoms with E-state index in [9.17, 15) is 4.39 Å². The fourth-order valence-corrected chi connectivity index (χ4v) is 2.51. The molecule has 0 aliphatic carbocycles. The second-order valence-corrected chi connectivity index (χ2v) is 5.80. The van der Waals surface area contributed by atoms with E-state index in [1.165, 1.54) is 6.07 Å². The molecule has 26 heavy (non-hydrogen) atoms. The smallest absolute Gasteiger partial charge is 0.165 e. The first-order valence-electron chi connectivity index (χ1n) is 8.62. The third kappa shape index (κ3) is 4.96. The molecule has 0 amide bonds. The molecule has 0 unspecified atom stereocenters. The molecule has 3 aromatic rings. The Morgan fingerprint density at radius 1 is 0.808 bits per heavy atom. The molecule has 0 radical (unpaired) electrons. The first-order chi connectivity index (χ1) is 12.7. The predicted molar refractivity (Wildman–Crippen MR) is 104 cm³/mol. The fourth-order valence-electron chi connectivity index (χ4n) is 2.51. The Morgan fingerprint density at radius 3 is 2.19 bits per heavy atom. The summed E-state index contributed by atoms with van der Waals surface area (Å²) in [6.07, 6.45) is 3.81. The molecule has 0 saturated heterocycles. The molecule has 2 nitrogen and oxygen atoms in total. The monoisotopic (exact) mass is 348 g/mol. The van der Waals surface area contributed by atoms with E-state index in [4.69, 9.17) is 9.47 Å². The van der Waals surface area contributed by atoms with Gasteiger partial charge in [0.15, 0.2) is 11.6 Å². The standard InChI is InChI=1S/C23H21FO2/c1-2-25-21-13-10-18(11-14-21)8-9-19-12-15-23(22(24)16-19)26-17-20-6-4-3-5-7-20/h3-16H,2,17H2,1H3. The van der Waals surface area contributed by atoms with Crippen LogP contribution in [0.25, 0.3) is 12.2 Å². The summed E-state index contributed by atoms with van der Waals surface area (Å²) in [4.78, 5) is 0. The number of ether oxygens (including phenoxy) is 2. The molecule has 0 N–H and O–H groups in total. The van der Waals surface area contributed by atoms with Crippen molar-refractivity contribution in [2.24, 2.45) is 0 Å². The van der Waals surface area contributed by atoms with Gasteiger partial charge in [-0.15, -0.1) is 0 Å². The molecule has 0 fully saturated rings. The van der Waals surface area contributed by atoms with Gasteiger partial charge in [-0.3, -0.25) is 0 Å². The van der Waals surface area contributed by atoms with E-state index in [-0.39, 0.29) is 11.6 Å². The number of hydrogen-bond acceptors (Lipinski definition) is 2. The van der Waals surface area contributed by atoms with Crippen molar-refractivity contribution in [1.29, 1.82) is 0 Å². The highest BCUT2D eigenvalue weighted by Gasteiger charge is 2.04. The Bertz CT molecular complexity index is 855. The maximum Gasteiger partial charge on any atom is 0.165 e. The van der Waals surface area contributed by atoms with Gasteiger partial charge < -0.3 is 9.47 Å². The second kappa shape index (κ2) is 8.86. The van der Waals surface area contributed by atoms with E-state index in [1.54, 1.807) is 6.07 Å². The molecule has 0 atom stereocenters. The van der Waals surface area contributed by atoms with Crippen molar-refractivity contribution in [2.75, 3.05) is 6.61 Å². The van der Waals surface area contributed by atoms with Crippen molar-refractivity contribution in [2.45, 2.75) is 13.5 Å². The van der Waals surface area contributed by atoms with E-state index in [0.717, 1.165) is 22.4 Å². The van der Waals surface area contributed by atoms with Gasteiger partial charge in [0.25, 0.3) is 0 Å². The van der Waals surface area contributed by atoms with Crippen LogP contribution >= 0.6 is 0 Å². The first kappa shape index (κ1) is 17.7. The van der Waals surface area contributed by atoms with Crippen LogP contribution in [0.5, 0.6) is 11.5 Å². The van der Waals surface area contributed by atoms with Crippen LogP contribution in [0.3, 0.4) is 0 Å². The van der Waals surface area contributed by atoms with E-state index in [1.807, 2.05) is 79.7 Å². The molecule has 0 bridgehead atoms. The van der Waals surface area contributed by atoms with Crippen LogP contribution < -0.4 is 9.47 Å². The van der Waals surface area contributed by atoms with Crippen LogP contribution in [-0.2, 0) is 6.61 Å². The van der Waals surface area contributed by atoms with Gasteiger partial charge in [0, 0.05) is 0 Å². The zero-order valence-electron chi connectivity index (χ0n) is 14.7. The Kier molecular flexibility index (Phi) is 6.05. The maximum atomic E-state index is 14.2. The molecular weight excluding hydrogens is 327 g/mol. The minimum absolute atomic E-state index is 0.257. The Labute approximate surface area is 153 Å². The summed E-state index contributed by atoms with van der Waals surface area (Å²) >= 11 is 0. The van der Waals surface area contributed by atoms with Crippen molar-refractivity contribution in [3.8, 4) is 11.5 Å². The number of benzene rings is 3. The van der Waals surface area contributed by atoms with Crippen molar-refractivity contribution < 1.29 is 13.9 Å². The zero-order chi connectivity index (χ0) is 18.2. The van der Waals surface area contributed by atoms with Crippen LogP contribution in [0.15, 0.2) is 72.8 Å². The van der Waals surface area contributed by atoms with E-state index in [0.29, 0.717) is 13.2 Å². The lowest BCUT2D eigenvalue weighted by Crippen LogP contribution is -1.97. The van der Waals surface area contributed by atoms with Gasteiger partial charge >= 0.3 is 0 Å². The van der Waals surface area contributed by atoms with Gasteiger partial charge in [-0.25, -0.2) is 4.39 Å². The highest BCUT2D eigenvalue weighted by atomic mass is 19.1. The highest BCUT2D eigenvalue weighted by Crippen LogP contribution is 2.21. The normalized spacial score (nSPS) is 10.8.